The topological polar surface area (TPSA) is 79.5 Å². The fourth-order valence-electron chi connectivity index (χ4n) is 2.95. The van der Waals surface area contributed by atoms with Gasteiger partial charge >= 0.3 is 0 Å². The van der Waals surface area contributed by atoms with Gasteiger partial charge in [0, 0.05) is 18.2 Å². The van der Waals surface area contributed by atoms with E-state index in [2.05, 4.69) is 29.5 Å². The first-order valence-electron chi connectivity index (χ1n) is 9.14. The molecule has 6 nitrogen and oxygen atoms in total. The minimum absolute atomic E-state index is 0.0370. The molecule has 0 bridgehead atoms. The molecule has 0 unspecified atom stereocenters. The number of nitrogens with one attached hydrogen (secondary N) is 1. The second-order valence-corrected chi connectivity index (χ2v) is 6.95. The summed E-state index contributed by atoms with van der Waals surface area (Å²) in [5.41, 5.74) is 6.46. The zero-order valence-corrected chi connectivity index (χ0v) is 16.5. The molecule has 28 heavy (non-hydrogen) atoms. The number of aromatic hydroxyl groups is 1. The van der Waals surface area contributed by atoms with Crippen molar-refractivity contribution in [3.05, 3.63) is 71.4 Å². The molecule has 0 fully saturated rings. The van der Waals surface area contributed by atoms with Crippen LogP contribution in [0.5, 0.6) is 5.75 Å². The molecule has 1 heterocycles. The van der Waals surface area contributed by atoms with E-state index in [4.69, 9.17) is 0 Å². The summed E-state index contributed by atoms with van der Waals surface area (Å²) in [6, 6.07) is 16.9. The van der Waals surface area contributed by atoms with Crippen LogP contribution in [0.4, 0.5) is 0 Å². The molecule has 0 aliphatic heterocycles. The Morgan fingerprint density at radius 1 is 1.11 bits per heavy atom. The molecule has 2 aromatic carbocycles. The van der Waals surface area contributed by atoms with E-state index in [9.17, 15) is 9.90 Å². The van der Waals surface area contributed by atoms with E-state index in [0.717, 1.165) is 5.56 Å². The Morgan fingerprint density at radius 3 is 2.36 bits per heavy atom. The Labute approximate surface area is 164 Å². The van der Waals surface area contributed by atoms with Crippen molar-refractivity contribution < 1.29 is 9.90 Å². The van der Waals surface area contributed by atoms with E-state index in [1.54, 1.807) is 42.9 Å². The second-order valence-electron chi connectivity index (χ2n) is 6.95. The maximum absolute atomic E-state index is 12.1. The van der Waals surface area contributed by atoms with Crippen molar-refractivity contribution in [2.75, 3.05) is 0 Å². The average Bonchev–Trinajstić information content (AvgIpc) is 3.00. The van der Waals surface area contributed by atoms with Crippen LogP contribution in [0.1, 0.15) is 48.3 Å². The van der Waals surface area contributed by atoms with Crippen LogP contribution in [0.2, 0.25) is 0 Å². The predicted molar refractivity (Wildman–Crippen MR) is 111 cm³/mol. The first-order chi connectivity index (χ1) is 13.4. The molecule has 0 atom stereocenters. The smallest absolute Gasteiger partial charge is 0.271 e. The fourth-order valence-corrected chi connectivity index (χ4v) is 2.95. The molecule has 0 saturated carbocycles. The summed E-state index contributed by atoms with van der Waals surface area (Å²) in [5.74, 6) is 0.155. The highest BCUT2D eigenvalue weighted by molar-refractivity contribution is 6.02. The number of carbonyl (C=O) groups excluding carboxylic acids is 1. The van der Waals surface area contributed by atoms with Crippen molar-refractivity contribution >= 4 is 11.6 Å². The number of aryl methyl sites for hydroxylation is 1. The molecule has 0 aliphatic carbocycles. The largest absolute Gasteiger partial charge is 0.504 e. The van der Waals surface area contributed by atoms with E-state index in [-0.39, 0.29) is 11.7 Å². The van der Waals surface area contributed by atoms with Crippen molar-refractivity contribution in [1.29, 1.82) is 0 Å². The summed E-state index contributed by atoms with van der Waals surface area (Å²) < 4.78 is 1.62. The van der Waals surface area contributed by atoms with Crippen molar-refractivity contribution in [3.63, 3.8) is 0 Å². The lowest BCUT2D eigenvalue weighted by atomic mass is 10.0. The SMILES string of the molecule is CC(=NNC(=O)c1ccccc1)c1nn(C)c(-c2ccc(C(C)C)cc2)c1O. The van der Waals surface area contributed by atoms with Gasteiger partial charge in [0.15, 0.2) is 11.4 Å². The average molecular weight is 376 g/mol. The number of rotatable bonds is 5. The maximum Gasteiger partial charge on any atom is 0.271 e. The summed E-state index contributed by atoms with van der Waals surface area (Å²) >= 11 is 0. The Kier molecular flexibility index (Phi) is 5.59. The Balaban J connectivity index is 1.85. The van der Waals surface area contributed by atoms with Gasteiger partial charge < -0.3 is 5.11 Å². The van der Waals surface area contributed by atoms with Crippen LogP contribution in [0.25, 0.3) is 11.3 Å². The highest BCUT2D eigenvalue weighted by Gasteiger charge is 2.19. The molecule has 6 heteroatoms. The zero-order chi connectivity index (χ0) is 20.3. The number of nitrogens with zero attached hydrogens (tertiary/aromatic N) is 3. The molecule has 0 saturated heterocycles. The van der Waals surface area contributed by atoms with Gasteiger partial charge in [0.2, 0.25) is 0 Å². The molecule has 1 amide bonds. The number of amides is 1. The first-order valence-corrected chi connectivity index (χ1v) is 9.14. The quantitative estimate of drug-likeness (QED) is 0.520. The molecular formula is C22H24N4O2. The molecular weight excluding hydrogens is 352 g/mol. The molecule has 3 rings (SSSR count). The van der Waals surface area contributed by atoms with Crippen LogP contribution in [0.3, 0.4) is 0 Å². The normalized spacial score (nSPS) is 11.7. The molecule has 0 spiro atoms. The van der Waals surface area contributed by atoms with Gasteiger partial charge in [0.25, 0.3) is 5.91 Å². The summed E-state index contributed by atoms with van der Waals surface area (Å²) in [6.45, 7) is 5.97. The van der Waals surface area contributed by atoms with Gasteiger partial charge in [-0.15, -0.1) is 0 Å². The second kappa shape index (κ2) is 8.08. The van der Waals surface area contributed by atoms with E-state index >= 15 is 0 Å². The van der Waals surface area contributed by atoms with Gasteiger partial charge in [0.1, 0.15) is 5.69 Å². The van der Waals surface area contributed by atoms with Crippen LogP contribution < -0.4 is 5.43 Å². The van der Waals surface area contributed by atoms with E-state index in [0.29, 0.717) is 28.6 Å². The Bertz CT molecular complexity index is 1000. The van der Waals surface area contributed by atoms with Crippen molar-refractivity contribution in [3.8, 4) is 17.0 Å². The third-order valence-electron chi connectivity index (χ3n) is 4.58. The van der Waals surface area contributed by atoms with Crippen LogP contribution in [0.15, 0.2) is 59.7 Å². The fraction of sp³-hybridized carbons (Fsp3) is 0.227. The molecule has 0 radical (unpaired) electrons. The van der Waals surface area contributed by atoms with Gasteiger partial charge in [-0.05, 0) is 30.5 Å². The van der Waals surface area contributed by atoms with Gasteiger partial charge in [0.05, 0.1) is 5.71 Å². The zero-order valence-electron chi connectivity index (χ0n) is 16.5. The molecule has 0 aliphatic rings. The number of benzene rings is 2. The minimum Gasteiger partial charge on any atom is -0.504 e. The molecule has 2 N–H and O–H groups in total. The number of carbonyl (C=O) groups is 1. The predicted octanol–water partition coefficient (Wildman–Crippen LogP) is 4.07. The molecule has 1 aromatic heterocycles. The molecule has 3 aromatic rings. The lowest BCUT2D eigenvalue weighted by Crippen LogP contribution is -2.19. The maximum atomic E-state index is 12.1. The number of hydrogen-bond acceptors (Lipinski definition) is 4. The highest BCUT2D eigenvalue weighted by atomic mass is 16.3. The van der Waals surface area contributed by atoms with Crippen LogP contribution in [-0.4, -0.2) is 26.5 Å². The number of hydrazone groups is 1. The third kappa shape index (κ3) is 3.96. The van der Waals surface area contributed by atoms with E-state index in [1.165, 1.54) is 5.56 Å². The van der Waals surface area contributed by atoms with Gasteiger partial charge in [-0.2, -0.15) is 10.2 Å². The van der Waals surface area contributed by atoms with E-state index in [1.807, 2.05) is 30.3 Å². The Morgan fingerprint density at radius 2 is 1.75 bits per heavy atom. The van der Waals surface area contributed by atoms with Gasteiger partial charge in [-0.1, -0.05) is 56.3 Å². The summed E-state index contributed by atoms with van der Waals surface area (Å²) in [6.07, 6.45) is 0. The van der Waals surface area contributed by atoms with Crippen molar-refractivity contribution in [1.82, 2.24) is 15.2 Å². The standard InChI is InChI=1S/C22H24N4O2/c1-14(2)16-10-12-17(13-11-16)20-21(27)19(25-26(20)4)15(3)23-24-22(28)18-8-6-5-7-9-18/h5-14,27H,1-4H3,(H,24,28). The summed E-state index contributed by atoms with van der Waals surface area (Å²) in [4.78, 5) is 12.1. The highest BCUT2D eigenvalue weighted by Crippen LogP contribution is 2.32. The third-order valence-corrected chi connectivity index (χ3v) is 4.58. The van der Waals surface area contributed by atoms with Gasteiger partial charge in [-0.3, -0.25) is 9.48 Å². The van der Waals surface area contributed by atoms with Crippen molar-refractivity contribution in [2.45, 2.75) is 26.7 Å². The lowest BCUT2D eigenvalue weighted by molar-refractivity contribution is 0.0955. The number of aromatic nitrogens is 2. The summed E-state index contributed by atoms with van der Waals surface area (Å²) in [7, 11) is 1.77. The van der Waals surface area contributed by atoms with Crippen LogP contribution in [-0.2, 0) is 7.05 Å². The molecule has 144 valence electrons. The van der Waals surface area contributed by atoms with Crippen LogP contribution >= 0.6 is 0 Å². The van der Waals surface area contributed by atoms with Crippen molar-refractivity contribution in [2.24, 2.45) is 12.1 Å². The Hall–Kier alpha value is -3.41. The van der Waals surface area contributed by atoms with Gasteiger partial charge in [-0.25, -0.2) is 5.43 Å². The monoisotopic (exact) mass is 376 g/mol. The minimum atomic E-state index is -0.320. The number of hydrogen-bond donors (Lipinski definition) is 2. The lowest BCUT2D eigenvalue weighted by Gasteiger charge is -2.07. The van der Waals surface area contributed by atoms with Crippen LogP contribution in [0, 0.1) is 0 Å². The first kappa shape index (κ1) is 19.4. The van der Waals surface area contributed by atoms with E-state index < -0.39 is 0 Å². The summed E-state index contributed by atoms with van der Waals surface area (Å²) in [5, 5.41) is 19.2.